The smallest absolute Gasteiger partial charge is 0.254 e. The number of hydrogen-bond donors (Lipinski definition) is 2. The van der Waals surface area contributed by atoms with E-state index in [-0.39, 0.29) is 5.91 Å². The molecule has 0 saturated carbocycles. The van der Waals surface area contributed by atoms with Gasteiger partial charge in [0.1, 0.15) is 11.8 Å². The van der Waals surface area contributed by atoms with Crippen LogP contribution in [0.5, 0.6) is 5.75 Å². The number of carbonyl (C=O) groups excluding carboxylic acids is 1. The van der Waals surface area contributed by atoms with E-state index < -0.39 is 6.04 Å². The number of amides is 1. The van der Waals surface area contributed by atoms with Gasteiger partial charge in [0.2, 0.25) is 5.89 Å². The minimum Gasteiger partial charge on any atom is -0.497 e. The molecule has 2 N–H and O–H groups in total. The number of hydrogen-bond acceptors (Lipinski definition) is 6. The van der Waals surface area contributed by atoms with Gasteiger partial charge in [-0.25, -0.2) is 0 Å². The van der Waals surface area contributed by atoms with Crippen molar-refractivity contribution < 1.29 is 14.1 Å². The Morgan fingerprint density at radius 3 is 2.54 bits per heavy atom. The predicted molar refractivity (Wildman–Crippen MR) is 97.6 cm³/mol. The molecule has 3 aromatic rings. The van der Waals surface area contributed by atoms with E-state index in [2.05, 4.69) is 20.8 Å². The number of ether oxygens (including phenoxy) is 1. The second-order valence-corrected chi connectivity index (χ2v) is 5.77. The first kappa shape index (κ1) is 17.5. The fourth-order valence-corrected chi connectivity index (χ4v) is 2.45. The van der Waals surface area contributed by atoms with Crippen molar-refractivity contribution in [3.05, 3.63) is 65.8 Å². The minimum atomic E-state index is -0.391. The van der Waals surface area contributed by atoms with Crippen molar-refractivity contribution in [2.75, 3.05) is 12.4 Å². The van der Waals surface area contributed by atoms with Crippen LogP contribution >= 0.6 is 0 Å². The van der Waals surface area contributed by atoms with Gasteiger partial charge in [-0.2, -0.15) is 4.98 Å². The van der Waals surface area contributed by atoms with Gasteiger partial charge in [0.05, 0.1) is 18.4 Å². The molecule has 1 atom stereocenters. The number of nitrogens with zero attached hydrogens (tertiary/aromatic N) is 2. The van der Waals surface area contributed by atoms with Gasteiger partial charge in [0, 0.05) is 5.69 Å². The van der Waals surface area contributed by atoms with Crippen molar-refractivity contribution in [2.24, 2.45) is 0 Å². The SMILES string of the molecule is COc1ccc(Nc2ccccc2C(=O)N[C@@H](C)c2nc(C)no2)cc1. The van der Waals surface area contributed by atoms with Gasteiger partial charge in [-0.1, -0.05) is 17.3 Å². The van der Waals surface area contributed by atoms with Crippen LogP contribution in [0, 0.1) is 6.92 Å². The summed E-state index contributed by atoms with van der Waals surface area (Å²) in [6, 6.07) is 14.4. The molecule has 3 rings (SSSR count). The van der Waals surface area contributed by atoms with Crippen LogP contribution < -0.4 is 15.4 Å². The number of rotatable bonds is 6. The summed E-state index contributed by atoms with van der Waals surface area (Å²) in [5.41, 5.74) is 2.07. The molecule has 7 heteroatoms. The molecule has 0 radical (unpaired) electrons. The average Bonchev–Trinajstić information content (AvgIpc) is 3.09. The van der Waals surface area contributed by atoms with Gasteiger partial charge in [-0.3, -0.25) is 4.79 Å². The van der Waals surface area contributed by atoms with E-state index >= 15 is 0 Å². The molecular weight excluding hydrogens is 332 g/mol. The van der Waals surface area contributed by atoms with Crippen LogP contribution in [-0.4, -0.2) is 23.2 Å². The normalized spacial score (nSPS) is 11.7. The van der Waals surface area contributed by atoms with E-state index in [4.69, 9.17) is 9.26 Å². The topological polar surface area (TPSA) is 89.3 Å². The van der Waals surface area contributed by atoms with Gasteiger partial charge >= 0.3 is 0 Å². The Morgan fingerprint density at radius 2 is 1.88 bits per heavy atom. The number of carbonyl (C=O) groups is 1. The highest BCUT2D eigenvalue weighted by Gasteiger charge is 2.18. The first-order chi connectivity index (χ1) is 12.6. The highest BCUT2D eigenvalue weighted by Crippen LogP contribution is 2.23. The van der Waals surface area contributed by atoms with Crippen LogP contribution in [0.25, 0.3) is 0 Å². The molecule has 0 aliphatic rings. The van der Waals surface area contributed by atoms with Gasteiger partial charge < -0.3 is 19.9 Å². The first-order valence-electron chi connectivity index (χ1n) is 8.18. The quantitative estimate of drug-likeness (QED) is 0.704. The third-order valence-corrected chi connectivity index (χ3v) is 3.80. The molecule has 7 nitrogen and oxygen atoms in total. The lowest BCUT2D eigenvalue weighted by molar-refractivity contribution is 0.0933. The van der Waals surface area contributed by atoms with Crippen LogP contribution in [0.3, 0.4) is 0 Å². The Hall–Kier alpha value is -3.35. The number of nitrogens with one attached hydrogen (secondary N) is 2. The van der Waals surface area contributed by atoms with E-state index in [9.17, 15) is 4.79 Å². The Bertz CT molecular complexity index is 890. The van der Waals surface area contributed by atoms with E-state index in [0.717, 1.165) is 11.4 Å². The lowest BCUT2D eigenvalue weighted by atomic mass is 10.1. The summed E-state index contributed by atoms with van der Waals surface area (Å²) in [5, 5.41) is 9.87. The number of aryl methyl sites for hydroxylation is 1. The number of anilines is 2. The van der Waals surface area contributed by atoms with Crippen molar-refractivity contribution in [3.8, 4) is 5.75 Å². The number of para-hydroxylation sites is 1. The monoisotopic (exact) mass is 352 g/mol. The van der Waals surface area contributed by atoms with Crippen molar-refractivity contribution in [1.82, 2.24) is 15.5 Å². The summed E-state index contributed by atoms with van der Waals surface area (Å²) in [5.74, 6) is 1.44. The maximum absolute atomic E-state index is 12.7. The third kappa shape index (κ3) is 4.00. The zero-order chi connectivity index (χ0) is 18.5. The summed E-state index contributed by atoms with van der Waals surface area (Å²) in [4.78, 5) is 16.8. The van der Waals surface area contributed by atoms with Crippen molar-refractivity contribution in [1.29, 1.82) is 0 Å². The zero-order valence-electron chi connectivity index (χ0n) is 14.8. The molecular formula is C19H20N4O3. The van der Waals surface area contributed by atoms with E-state index in [0.29, 0.717) is 23.0 Å². The summed E-state index contributed by atoms with van der Waals surface area (Å²) in [6.45, 7) is 3.53. The Labute approximate surface area is 151 Å². The van der Waals surface area contributed by atoms with Gasteiger partial charge in [-0.05, 0) is 50.2 Å². The van der Waals surface area contributed by atoms with Gasteiger partial charge in [0.15, 0.2) is 5.82 Å². The molecule has 0 fully saturated rings. The zero-order valence-corrected chi connectivity index (χ0v) is 14.8. The molecule has 0 unspecified atom stereocenters. The number of aromatic nitrogens is 2. The number of benzene rings is 2. The largest absolute Gasteiger partial charge is 0.497 e. The molecule has 134 valence electrons. The second-order valence-electron chi connectivity index (χ2n) is 5.77. The molecule has 26 heavy (non-hydrogen) atoms. The second kappa shape index (κ2) is 7.69. The van der Waals surface area contributed by atoms with E-state index in [1.807, 2.05) is 42.5 Å². The Kier molecular flexibility index (Phi) is 5.17. The molecule has 1 aromatic heterocycles. The molecule has 2 aromatic carbocycles. The maximum atomic E-state index is 12.7. The summed E-state index contributed by atoms with van der Waals surface area (Å²) >= 11 is 0. The van der Waals surface area contributed by atoms with Crippen molar-refractivity contribution >= 4 is 17.3 Å². The van der Waals surface area contributed by atoms with Crippen LogP contribution in [-0.2, 0) is 0 Å². The minimum absolute atomic E-state index is 0.232. The summed E-state index contributed by atoms with van der Waals surface area (Å²) < 4.78 is 10.3. The van der Waals surface area contributed by atoms with Crippen LogP contribution in [0.4, 0.5) is 11.4 Å². The van der Waals surface area contributed by atoms with Gasteiger partial charge in [-0.15, -0.1) is 0 Å². The van der Waals surface area contributed by atoms with Crippen LogP contribution in [0.15, 0.2) is 53.1 Å². The van der Waals surface area contributed by atoms with Crippen LogP contribution in [0.2, 0.25) is 0 Å². The molecule has 1 heterocycles. The Balaban J connectivity index is 1.76. The van der Waals surface area contributed by atoms with Gasteiger partial charge in [0.25, 0.3) is 5.91 Å². The molecule has 0 aliphatic carbocycles. The lowest BCUT2D eigenvalue weighted by Gasteiger charge is -2.14. The maximum Gasteiger partial charge on any atom is 0.254 e. The summed E-state index contributed by atoms with van der Waals surface area (Å²) in [6.07, 6.45) is 0. The fraction of sp³-hybridized carbons (Fsp3) is 0.211. The average molecular weight is 352 g/mol. The fourth-order valence-electron chi connectivity index (χ4n) is 2.45. The first-order valence-corrected chi connectivity index (χ1v) is 8.18. The standard InChI is InChI=1S/C19H20N4O3/c1-12(19-21-13(2)23-26-19)20-18(24)16-6-4-5-7-17(16)22-14-8-10-15(25-3)11-9-14/h4-12,22H,1-3H3,(H,20,24)/t12-/m0/s1. The predicted octanol–water partition coefficient (Wildman–Crippen LogP) is 3.62. The molecule has 0 spiro atoms. The van der Waals surface area contributed by atoms with E-state index in [1.165, 1.54) is 0 Å². The third-order valence-electron chi connectivity index (χ3n) is 3.80. The molecule has 0 saturated heterocycles. The molecule has 1 amide bonds. The molecule has 0 aliphatic heterocycles. The summed E-state index contributed by atoms with van der Waals surface area (Å²) in [7, 11) is 1.62. The van der Waals surface area contributed by atoms with Crippen LogP contribution in [0.1, 0.15) is 35.0 Å². The highest BCUT2D eigenvalue weighted by atomic mass is 16.5. The highest BCUT2D eigenvalue weighted by molar-refractivity contribution is 6.00. The Morgan fingerprint density at radius 1 is 1.15 bits per heavy atom. The van der Waals surface area contributed by atoms with Crippen molar-refractivity contribution in [2.45, 2.75) is 19.9 Å². The van der Waals surface area contributed by atoms with Crippen molar-refractivity contribution in [3.63, 3.8) is 0 Å². The van der Waals surface area contributed by atoms with E-state index in [1.54, 1.807) is 27.0 Å². The number of methoxy groups -OCH3 is 1. The molecule has 0 bridgehead atoms. The lowest BCUT2D eigenvalue weighted by Crippen LogP contribution is -2.27.